The van der Waals surface area contributed by atoms with Crippen LogP contribution in [-0.2, 0) is 6.42 Å². The molecule has 2 aromatic heterocycles. The highest BCUT2D eigenvalue weighted by molar-refractivity contribution is 5.54. The Bertz CT molecular complexity index is 748. The molecule has 1 aliphatic carbocycles. The average molecular weight is 297 g/mol. The lowest BCUT2D eigenvalue weighted by atomic mass is 10.2. The summed E-state index contributed by atoms with van der Waals surface area (Å²) in [5.74, 6) is 2.52. The average Bonchev–Trinajstić information content (AvgIpc) is 3.11. The fourth-order valence-electron chi connectivity index (χ4n) is 2.15. The molecule has 0 radical (unpaired) electrons. The molecule has 2 heterocycles. The topological polar surface area (TPSA) is 89.9 Å². The standard InChI is InChI=1S/C15H15N5O2/c1-2-4-10(5-3-1)13-18-15(22-20-13)16-9-8-12-17-14(21-19-12)11-6-7-11/h1-5,11H,6-9H2,(H,16,18,20). The van der Waals surface area contributed by atoms with Crippen molar-refractivity contribution < 1.29 is 9.05 Å². The molecular weight excluding hydrogens is 282 g/mol. The molecule has 1 saturated carbocycles. The normalized spacial score (nSPS) is 14.2. The van der Waals surface area contributed by atoms with E-state index in [9.17, 15) is 0 Å². The summed E-state index contributed by atoms with van der Waals surface area (Å²) in [6, 6.07) is 10.1. The molecular formula is C15H15N5O2. The van der Waals surface area contributed by atoms with E-state index in [1.165, 1.54) is 0 Å². The highest BCUT2D eigenvalue weighted by Gasteiger charge is 2.29. The van der Waals surface area contributed by atoms with Crippen LogP contribution in [-0.4, -0.2) is 26.8 Å². The molecule has 4 rings (SSSR count). The number of nitrogens with zero attached hydrogens (tertiary/aromatic N) is 4. The third kappa shape index (κ3) is 2.83. The molecule has 22 heavy (non-hydrogen) atoms. The highest BCUT2D eigenvalue weighted by atomic mass is 16.5. The van der Waals surface area contributed by atoms with Crippen molar-refractivity contribution in [2.24, 2.45) is 0 Å². The van der Waals surface area contributed by atoms with E-state index >= 15 is 0 Å². The van der Waals surface area contributed by atoms with E-state index in [1.54, 1.807) is 0 Å². The lowest BCUT2D eigenvalue weighted by molar-refractivity contribution is 0.374. The maximum Gasteiger partial charge on any atom is 0.321 e. The molecule has 0 aliphatic heterocycles. The van der Waals surface area contributed by atoms with E-state index in [-0.39, 0.29) is 0 Å². The predicted molar refractivity (Wildman–Crippen MR) is 78.2 cm³/mol. The van der Waals surface area contributed by atoms with Gasteiger partial charge in [0.15, 0.2) is 5.82 Å². The lowest BCUT2D eigenvalue weighted by Gasteiger charge is -1.96. The molecule has 1 aliphatic rings. The van der Waals surface area contributed by atoms with E-state index in [2.05, 4.69) is 25.6 Å². The predicted octanol–water partition coefficient (Wildman–Crippen LogP) is 2.65. The molecule has 3 aromatic rings. The summed E-state index contributed by atoms with van der Waals surface area (Å²) in [4.78, 5) is 8.67. The summed E-state index contributed by atoms with van der Waals surface area (Å²) < 4.78 is 10.4. The van der Waals surface area contributed by atoms with Gasteiger partial charge in [0.25, 0.3) is 0 Å². The van der Waals surface area contributed by atoms with Gasteiger partial charge in [0.05, 0.1) is 0 Å². The Morgan fingerprint density at radius 2 is 1.91 bits per heavy atom. The van der Waals surface area contributed by atoms with E-state index < -0.39 is 0 Å². The molecule has 112 valence electrons. The molecule has 1 N–H and O–H groups in total. The van der Waals surface area contributed by atoms with Crippen molar-refractivity contribution in [3.63, 3.8) is 0 Å². The van der Waals surface area contributed by atoms with Gasteiger partial charge in [0.2, 0.25) is 11.7 Å². The number of nitrogens with one attached hydrogen (secondary N) is 1. The van der Waals surface area contributed by atoms with Crippen LogP contribution in [0.3, 0.4) is 0 Å². The van der Waals surface area contributed by atoms with Crippen LogP contribution in [0.1, 0.15) is 30.5 Å². The van der Waals surface area contributed by atoms with Crippen molar-refractivity contribution in [3.8, 4) is 11.4 Å². The molecule has 7 heteroatoms. The van der Waals surface area contributed by atoms with Crippen LogP contribution in [0.2, 0.25) is 0 Å². The summed E-state index contributed by atoms with van der Waals surface area (Å²) in [5.41, 5.74) is 0.923. The first-order valence-corrected chi connectivity index (χ1v) is 7.34. The second-order valence-corrected chi connectivity index (χ2v) is 5.29. The largest absolute Gasteiger partial charge is 0.339 e. The first kappa shape index (κ1) is 13.0. The Morgan fingerprint density at radius 3 is 2.73 bits per heavy atom. The first-order valence-electron chi connectivity index (χ1n) is 7.34. The summed E-state index contributed by atoms with van der Waals surface area (Å²) in [7, 11) is 0. The maximum absolute atomic E-state index is 5.21. The number of anilines is 1. The van der Waals surface area contributed by atoms with Crippen molar-refractivity contribution in [2.45, 2.75) is 25.2 Å². The quantitative estimate of drug-likeness (QED) is 0.748. The van der Waals surface area contributed by atoms with Gasteiger partial charge in [-0.3, -0.25) is 0 Å². The fraction of sp³-hybridized carbons (Fsp3) is 0.333. The Kier molecular flexibility index (Phi) is 3.30. The van der Waals surface area contributed by atoms with Crippen LogP contribution in [0.5, 0.6) is 0 Å². The SMILES string of the molecule is c1ccc(-c2noc(NCCc3noc(C4CC4)n3)n2)cc1. The summed E-state index contributed by atoms with van der Waals surface area (Å²) in [6.45, 7) is 0.611. The van der Waals surface area contributed by atoms with E-state index in [0.29, 0.717) is 36.5 Å². The minimum Gasteiger partial charge on any atom is -0.339 e. The minimum atomic E-state index is 0.393. The third-order valence-electron chi connectivity index (χ3n) is 3.49. The zero-order valence-electron chi connectivity index (χ0n) is 11.9. The van der Waals surface area contributed by atoms with Crippen LogP contribution in [0.4, 0.5) is 6.01 Å². The van der Waals surface area contributed by atoms with Crippen LogP contribution in [0.15, 0.2) is 39.4 Å². The number of hydrogen-bond donors (Lipinski definition) is 1. The maximum atomic E-state index is 5.21. The van der Waals surface area contributed by atoms with E-state index in [0.717, 1.165) is 24.3 Å². The molecule has 1 fully saturated rings. The minimum absolute atomic E-state index is 0.393. The first-order chi connectivity index (χ1) is 10.9. The van der Waals surface area contributed by atoms with Gasteiger partial charge < -0.3 is 14.4 Å². The lowest BCUT2D eigenvalue weighted by Crippen LogP contribution is -2.06. The molecule has 1 aromatic carbocycles. The Morgan fingerprint density at radius 1 is 1.05 bits per heavy atom. The monoisotopic (exact) mass is 297 g/mol. The van der Waals surface area contributed by atoms with Crippen LogP contribution in [0.25, 0.3) is 11.4 Å². The number of benzene rings is 1. The van der Waals surface area contributed by atoms with Gasteiger partial charge >= 0.3 is 6.01 Å². The second-order valence-electron chi connectivity index (χ2n) is 5.29. The van der Waals surface area contributed by atoms with Gasteiger partial charge in [-0.05, 0) is 12.8 Å². The molecule has 0 bridgehead atoms. The Labute approximate surface area is 126 Å². The zero-order chi connectivity index (χ0) is 14.8. The molecule has 0 saturated heterocycles. The van der Waals surface area contributed by atoms with Crippen LogP contribution < -0.4 is 5.32 Å². The van der Waals surface area contributed by atoms with E-state index in [4.69, 9.17) is 9.05 Å². The van der Waals surface area contributed by atoms with Gasteiger partial charge in [-0.15, -0.1) is 0 Å². The van der Waals surface area contributed by atoms with E-state index in [1.807, 2.05) is 30.3 Å². The van der Waals surface area contributed by atoms with Gasteiger partial charge in [-0.2, -0.15) is 9.97 Å². The van der Waals surface area contributed by atoms with Gasteiger partial charge in [-0.1, -0.05) is 40.6 Å². The van der Waals surface area contributed by atoms with Gasteiger partial charge in [0.1, 0.15) is 0 Å². The highest BCUT2D eigenvalue weighted by Crippen LogP contribution is 2.38. The van der Waals surface area contributed by atoms with Gasteiger partial charge in [-0.25, -0.2) is 0 Å². The van der Waals surface area contributed by atoms with Crippen molar-refractivity contribution >= 4 is 6.01 Å². The Balaban J connectivity index is 1.33. The van der Waals surface area contributed by atoms with Crippen LogP contribution in [0, 0.1) is 0 Å². The summed E-state index contributed by atoms with van der Waals surface area (Å²) >= 11 is 0. The fourth-order valence-corrected chi connectivity index (χ4v) is 2.15. The molecule has 0 unspecified atom stereocenters. The Hall–Kier alpha value is -2.70. The number of hydrogen-bond acceptors (Lipinski definition) is 7. The van der Waals surface area contributed by atoms with Crippen LogP contribution >= 0.6 is 0 Å². The number of aromatic nitrogens is 4. The molecule has 0 spiro atoms. The van der Waals surface area contributed by atoms with Crippen molar-refractivity contribution in [1.29, 1.82) is 0 Å². The second kappa shape index (κ2) is 5.59. The summed E-state index contributed by atoms with van der Waals surface area (Å²) in [5, 5.41) is 11.0. The smallest absolute Gasteiger partial charge is 0.321 e. The number of rotatable bonds is 6. The summed E-state index contributed by atoms with van der Waals surface area (Å²) in [6.07, 6.45) is 2.97. The molecule has 7 nitrogen and oxygen atoms in total. The third-order valence-corrected chi connectivity index (χ3v) is 3.49. The van der Waals surface area contributed by atoms with Crippen molar-refractivity contribution in [1.82, 2.24) is 20.3 Å². The zero-order valence-corrected chi connectivity index (χ0v) is 11.9. The molecule has 0 atom stereocenters. The van der Waals surface area contributed by atoms with Crippen molar-refractivity contribution in [3.05, 3.63) is 42.0 Å². The van der Waals surface area contributed by atoms with Gasteiger partial charge in [0, 0.05) is 24.4 Å². The van der Waals surface area contributed by atoms with Crippen molar-refractivity contribution in [2.75, 3.05) is 11.9 Å². The molecule has 0 amide bonds.